The highest BCUT2D eigenvalue weighted by Gasteiger charge is 2.77. The monoisotopic (exact) mass is 260 g/mol. The van der Waals surface area contributed by atoms with Gasteiger partial charge in [-0.25, -0.2) is 4.79 Å². The molecule has 3 saturated heterocycles. The quantitative estimate of drug-likeness (QED) is 0.578. The van der Waals surface area contributed by atoms with E-state index in [2.05, 4.69) is 0 Å². The Hall–Kier alpha value is -0.730. The lowest BCUT2D eigenvalue weighted by molar-refractivity contribution is -0.401. The van der Waals surface area contributed by atoms with E-state index in [-0.39, 0.29) is 13.0 Å². The van der Waals surface area contributed by atoms with Gasteiger partial charge < -0.3 is 29.2 Å². The number of aliphatic hydroxyl groups excluding tert-OH is 1. The van der Waals surface area contributed by atoms with Crippen molar-refractivity contribution in [1.29, 1.82) is 0 Å². The number of ether oxygens (including phenoxy) is 4. The lowest BCUT2D eigenvalue weighted by Gasteiger charge is -2.47. The minimum atomic E-state index is -1.88. The zero-order chi connectivity index (χ0) is 13.2. The molecule has 0 amide bonds. The lowest BCUT2D eigenvalue weighted by Crippen LogP contribution is -2.66. The van der Waals surface area contributed by atoms with E-state index >= 15 is 0 Å². The molecule has 0 unspecified atom stereocenters. The number of methoxy groups -OCH3 is 1. The topological polar surface area (TPSA) is 94.5 Å². The van der Waals surface area contributed by atoms with E-state index in [0.29, 0.717) is 6.42 Å². The molecule has 18 heavy (non-hydrogen) atoms. The fourth-order valence-corrected chi connectivity index (χ4v) is 2.87. The van der Waals surface area contributed by atoms with Crippen LogP contribution in [0.5, 0.6) is 0 Å². The van der Waals surface area contributed by atoms with E-state index in [1.54, 1.807) is 6.92 Å². The number of rotatable bonds is 1. The summed E-state index contributed by atoms with van der Waals surface area (Å²) in [5, 5.41) is 20.3. The van der Waals surface area contributed by atoms with Crippen molar-refractivity contribution in [3.8, 4) is 0 Å². The molecule has 3 rings (SSSR count). The molecule has 5 atom stereocenters. The Morgan fingerprint density at radius 3 is 2.83 bits per heavy atom. The third kappa shape index (κ3) is 1.23. The number of carbonyl (C=O) groups is 1. The Morgan fingerprint density at radius 1 is 1.44 bits per heavy atom. The normalized spacial score (nSPS) is 55.0. The first kappa shape index (κ1) is 12.3. The molecule has 102 valence electrons. The fourth-order valence-electron chi connectivity index (χ4n) is 2.87. The smallest absolute Gasteiger partial charge is 0.344 e. The van der Waals surface area contributed by atoms with Crippen molar-refractivity contribution in [3.63, 3.8) is 0 Å². The number of carbonyl (C=O) groups excluding carboxylic acids is 1. The van der Waals surface area contributed by atoms with Crippen LogP contribution in [0.2, 0.25) is 0 Å². The summed E-state index contributed by atoms with van der Waals surface area (Å²) in [4.78, 5) is 11.8. The van der Waals surface area contributed by atoms with E-state index in [9.17, 15) is 15.0 Å². The van der Waals surface area contributed by atoms with Gasteiger partial charge in [-0.1, -0.05) is 0 Å². The zero-order valence-electron chi connectivity index (χ0n) is 10.2. The highest BCUT2D eigenvalue weighted by atomic mass is 16.8. The molecular formula is C11H16O7. The maximum Gasteiger partial charge on any atom is 0.344 e. The van der Waals surface area contributed by atoms with Crippen LogP contribution in [-0.4, -0.2) is 59.3 Å². The van der Waals surface area contributed by atoms with Crippen molar-refractivity contribution in [2.75, 3.05) is 13.7 Å². The SMILES string of the molecule is CO[C@]1(C)CC[C@]2(O)C(=O)O[C@H]3[C@@H](O)CO[C@]32O1. The maximum absolute atomic E-state index is 11.8. The molecule has 3 fully saturated rings. The van der Waals surface area contributed by atoms with Gasteiger partial charge in [0, 0.05) is 13.5 Å². The highest BCUT2D eigenvalue weighted by Crippen LogP contribution is 2.53. The molecule has 0 aromatic heterocycles. The first-order valence-corrected chi connectivity index (χ1v) is 5.88. The van der Waals surface area contributed by atoms with Crippen LogP contribution in [0.25, 0.3) is 0 Å². The maximum atomic E-state index is 11.8. The molecule has 7 heteroatoms. The summed E-state index contributed by atoms with van der Waals surface area (Å²) >= 11 is 0. The van der Waals surface area contributed by atoms with Gasteiger partial charge >= 0.3 is 5.97 Å². The number of hydrogen-bond donors (Lipinski definition) is 2. The highest BCUT2D eigenvalue weighted by molar-refractivity contribution is 5.84. The molecule has 3 aliphatic rings. The molecule has 7 nitrogen and oxygen atoms in total. The molecule has 3 aliphatic heterocycles. The second kappa shape index (κ2) is 3.43. The molecule has 2 N–H and O–H groups in total. The third-order valence-corrected chi connectivity index (χ3v) is 4.08. The first-order valence-electron chi connectivity index (χ1n) is 5.88. The van der Waals surface area contributed by atoms with Crippen molar-refractivity contribution < 1.29 is 34.0 Å². The van der Waals surface area contributed by atoms with Crippen LogP contribution >= 0.6 is 0 Å². The van der Waals surface area contributed by atoms with E-state index < -0.39 is 35.4 Å². The summed E-state index contributed by atoms with van der Waals surface area (Å²) in [6, 6.07) is 0. The van der Waals surface area contributed by atoms with Crippen LogP contribution < -0.4 is 0 Å². The molecule has 0 radical (unpaired) electrons. The van der Waals surface area contributed by atoms with Gasteiger partial charge in [-0.2, -0.15) is 0 Å². The summed E-state index contributed by atoms with van der Waals surface area (Å²) < 4.78 is 21.4. The average Bonchev–Trinajstić information content (AvgIpc) is 2.75. The van der Waals surface area contributed by atoms with Crippen molar-refractivity contribution in [2.45, 2.75) is 49.1 Å². The third-order valence-electron chi connectivity index (χ3n) is 4.08. The Bertz CT molecular complexity index is 399. The first-order chi connectivity index (χ1) is 8.37. The fraction of sp³-hybridized carbons (Fsp3) is 0.909. The van der Waals surface area contributed by atoms with Gasteiger partial charge in [0.15, 0.2) is 11.9 Å². The Kier molecular flexibility index (Phi) is 2.34. The van der Waals surface area contributed by atoms with Crippen LogP contribution in [-0.2, 0) is 23.7 Å². The van der Waals surface area contributed by atoms with E-state index in [4.69, 9.17) is 18.9 Å². The van der Waals surface area contributed by atoms with Crippen LogP contribution in [0.3, 0.4) is 0 Å². The summed E-state index contributed by atoms with van der Waals surface area (Å²) in [5.74, 6) is -3.47. The molecule has 0 aliphatic carbocycles. The molecule has 1 spiro atoms. The van der Waals surface area contributed by atoms with Gasteiger partial charge in [-0.3, -0.25) is 0 Å². The average molecular weight is 260 g/mol. The molecule has 0 bridgehead atoms. The van der Waals surface area contributed by atoms with Gasteiger partial charge in [0.25, 0.3) is 5.79 Å². The predicted molar refractivity (Wildman–Crippen MR) is 55.3 cm³/mol. The molecule has 0 aromatic rings. The molecule has 0 saturated carbocycles. The van der Waals surface area contributed by atoms with E-state index in [1.165, 1.54) is 7.11 Å². The van der Waals surface area contributed by atoms with Crippen molar-refractivity contribution in [3.05, 3.63) is 0 Å². The van der Waals surface area contributed by atoms with Gasteiger partial charge in [0.2, 0.25) is 5.60 Å². The minimum Gasteiger partial charge on any atom is -0.451 e. The Morgan fingerprint density at radius 2 is 2.17 bits per heavy atom. The minimum absolute atomic E-state index is 0.0555. The molecular weight excluding hydrogens is 244 g/mol. The standard InChI is InChI=1S/C11H16O7/c1-9(15-2)3-4-10(14)8(13)17-7-6(12)5-16-11(7,10)18-9/h6-7,12,14H,3-5H2,1-2H3/t6-,7-,9-,10-,11-/m0/s1. The van der Waals surface area contributed by atoms with Gasteiger partial charge in [0.05, 0.1) is 6.61 Å². The van der Waals surface area contributed by atoms with Crippen LogP contribution in [0, 0.1) is 0 Å². The summed E-state index contributed by atoms with van der Waals surface area (Å²) in [6.07, 6.45) is -1.62. The van der Waals surface area contributed by atoms with Gasteiger partial charge in [0.1, 0.15) is 6.10 Å². The number of esters is 1. The molecule has 3 heterocycles. The van der Waals surface area contributed by atoms with Crippen molar-refractivity contribution >= 4 is 5.97 Å². The van der Waals surface area contributed by atoms with Gasteiger partial charge in [-0.15, -0.1) is 0 Å². The van der Waals surface area contributed by atoms with Crippen LogP contribution in [0.15, 0.2) is 0 Å². The van der Waals surface area contributed by atoms with Crippen molar-refractivity contribution in [2.24, 2.45) is 0 Å². The Labute approximate surface area is 104 Å². The number of aliphatic hydroxyl groups is 2. The lowest BCUT2D eigenvalue weighted by atomic mass is 9.82. The second-order valence-corrected chi connectivity index (χ2v) is 5.17. The second-order valence-electron chi connectivity index (χ2n) is 5.17. The number of hydrogen-bond acceptors (Lipinski definition) is 7. The zero-order valence-corrected chi connectivity index (χ0v) is 10.2. The van der Waals surface area contributed by atoms with Crippen LogP contribution in [0.1, 0.15) is 19.8 Å². The Balaban J connectivity index is 2.04. The van der Waals surface area contributed by atoms with E-state index in [0.717, 1.165) is 0 Å². The predicted octanol–water partition coefficient (Wildman–Crippen LogP) is -1.10. The largest absolute Gasteiger partial charge is 0.451 e. The summed E-state index contributed by atoms with van der Waals surface area (Å²) in [7, 11) is 1.47. The summed E-state index contributed by atoms with van der Waals surface area (Å²) in [6.45, 7) is 1.63. The molecule has 0 aromatic carbocycles. The van der Waals surface area contributed by atoms with E-state index in [1.807, 2.05) is 0 Å². The van der Waals surface area contributed by atoms with Crippen LogP contribution in [0.4, 0.5) is 0 Å². The van der Waals surface area contributed by atoms with Crippen molar-refractivity contribution in [1.82, 2.24) is 0 Å². The van der Waals surface area contributed by atoms with Gasteiger partial charge in [-0.05, 0) is 13.3 Å². The summed E-state index contributed by atoms with van der Waals surface area (Å²) in [5.41, 5.74) is -1.88.